The molecule has 1 fully saturated rings. The van der Waals surface area contributed by atoms with E-state index < -0.39 is 17.7 Å². The van der Waals surface area contributed by atoms with Crippen molar-refractivity contribution < 1.29 is 19.4 Å². The summed E-state index contributed by atoms with van der Waals surface area (Å²) in [7, 11) is 0. The zero-order valence-corrected chi connectivity index (χ0v) is 25.7. The average molecular weight is 612 g/mol. The molecule has 3 aromatic heterocycles. The van der Waals surface area contributed by atoms with Crippen molar-refractivity contribution >= 4 is 51.3 Å². The van der Waals surface area contributed by atoms with Crippen molar-refractivity contribution in [2.24, 2.45) is 0 Å². The first-order chi connectivity index (χ1) is 20.8. The van der Waals surface area contributed by atoms with E-state index in [4.69, 9.17) is 4.74 Å². The number of aliphatic hydroxyl groups is 1. The predicted octanol–water partition coefficient (Wildman–Crippen LogP) is 6.43. The Morgan fingerprint density at radius 2 is 1.84 bits per heavy atom. The number of ether oxygens (including phenoxy) is 1. The number of aliphatic hydroxyl groups excluding tert-OH is 1. The largest absolute Gasteiger partial charge is 0.505 e. The number of fused-ring (bicyclic) bond motifs is 1. The second-order valence-electron chi connectivity index (χ2n) is 10.2. The lowest BCUT2D eigenvalue weighted by atomic mass is 9.96. The van der Waals surface area contributed by atoms with Crippen LogP contribution in [-0.4, -0.2) is 43.0 Å². The van der Waals surface area contributed by atoms with Gasteiger partial charge in [0.25, 0.3) is 5.78 Å². The lowest BCUT2D eigenvalue weighted by Gasteiger charge is -2.22. The Morgan fingerprint density at radius 3 is 2.58 bits per heavy atom. The molecule has 43 heavy (non-hydrogen) atoms. The molecule has 0 aliphatic carbocycles. The Morgan fingerprint density at radius 1 is 1.05 bits per heavy atom. The van der Waals surface area contributed by atoms with E-state index in [1.165, 1.54) is 33.6 Å². The minimum Gasteiger partial charge on any atom is -0.505 e. The van der Waals surface area contributed by atoms with Crippen molar-refractivity contribution in [3.63, 3.8) is 0 Å². The number of aryl methyl sites for hydroxylation is 3. The number of ketones is 1. The van der Waals surface area contributed by atoms with E-state index in [0.29, 0.717) is 39.4 Å². The fraction of sp³-hybridized carbons (Fsp3) is 0.219. The van der Waals surface area contributed by atoms with Gasteiger partial charge in [-0.15, -0.1) is 10.2 Å². The monoisotopic (exact) mass is 611 g/mol. The number of thioether (sulfide) groups is 1. The summed E-state index contributed by atoms with van der Waals surface area (Å²) in [5, 5.41) is 20.6. The Balaban J connectivity index is 1.44. The van der Waals surface area contributed by atoms with Gasteiger partial charge in [0.15, 0.2) is 10.1 Å². The predicted molar refractivity (Wildman–Crippen MR) is 168 cm³/mol. The molecule has 1 unspecified atom stereocenters. The summed E-state index contributed by atoms with van der Waals surface area (Å²) in [6.45, 7) is 8.11. The molecular weight excluding hydrogens is 583 g/mol. The molecule has 6 rings (SSSR count). The molecule has 0 saturated carbocycles. The molecule has 4 heterocycles. The van der Waals surface area contributed by atoms with Gasteiger partial charge in [0.2, 0.25) is 5.13 Å². The number of pyridine rings is 1. The van der Waals surface area contributed by atoms with E-state index in [2.05, 4.69) is 39.4 Å². The Kier molecular flexibility index (Phi) is 7.76. The summed E-state index contributed by atoms with van der Waals surface area (Å²) in [6.07, 6.45) is 1.85. The SMILES string of the molecule is CCOc1cccc(C2C(=C(O)c3nc4c(C)cccn4c3C)C(=O)C(=O)N2c2nnc(SCc3ccc(C)cc3)s2)c1. The van der Waals surface area contributed by atoms with Crippen LogP contribution in [0.2, 0.25) is 0 Å². The standard InChI is InChI=1S/C32H29N5O4S2/c1-5-41-23-10-6-9-22(16-23)26-24(27(38)25-20(4)36-15-7-8-19(3)29(36)33-25)28(39)30(40)37(26)31-34-35-32(43-31)42-17-21-13-11-18(2)12-14-21/h6-16,26,38H,5,17H2,1-4H3. The lowest BCUT2D eigenvalue weighted by molar-refractivity contribution is -0.132. The van der Waals surface area contributed by atoms with Crippen LogP contribution in [0.4, 0.5) is 5.13 Å². The van der Waals surface area contributed by atoms with Crippen LogP contribution in [-0.2, 0) is 15.3 Å². The smallest absolute Gasteiger partial charge is 0.301 e. The maximum Gasteiger partial charge on any atom is 0.301 e. The van der Waals surface area contributed by atoms with Crippen molar-refractivity contribution in [1.82, 2.24) is 19.6 Å². The normalized spacial score (nSPS) is 16.4. The van der Waals surface area contributed by atoms with Gasteiger partial charge in [-0.2, -0.15) is 0 Å². The van der Waals surface area contributed by atoms with Crippen LogP contribution in [0, 0.1) is 20.8 Å². The molecule has 1 saturated heterocycles. The Hall–Kier alpha value is -4.48. The first kappa shape index (κ1) is 28.6. The molecular formula is C32H29N5O4S2. The fourth-order valence-corrected chi connectivity index (χ4v) is 6.97. The van der Waals surface area contributed by atoms with E-state index >= 15 is 0 Å². The molecule has 1 N–H and O–H groups in total. The molecule has 1 amide bonds. The maximum atomic E-state index is 13.7. The maximum absolute atomic E-state index is 13.7. The van der Waals surface area contributed by atoms with Gasteiger partial charge in [-0.3, -0.25) is 14.5 Å². The van der Waals surface area contributed by atoms with Crippen LogP contribution < -0.4 is 9.64 Å². The molecule has 1 aliphatic heterocycles. The highest BCUT2D eigenvalue weighted by Crippen LogP contribution is 2.45. The van der Waals surface area contributed by atoms with E-state index in [0.717, 1.165) is 11.1 Å². The first-order valence-electron chi connectivity index (χ1n) is 13.8. The van der Waals surface area contributed by atoms with Crippen LogP contribution >= 0.6 is 23.1 Å². The first-order valence-corrected chi connectivity index (χ1v) is 15.6. The van der Waals surface area contributed by atoms with Gasteiger partial charge in [0.1, 0.15) is 17.1 Å². The summed E-state index contributed by atoms with van der Waals surface area (Å²) >= 11 is 2.73. The summed E-state index contributed by atoms with van der Waals surface area (Å²) < 4.78 is 8.24. The second kappa shape index (κ2) is 11.7. The number of hydrogen-bond acceptors (Lipinski definition) is 9. The van der Waals surface area contributed by atoms with Gasteiger partial charge in [-0.25, -0.2) is 4.98 Å². The molecule has 11 heteroatoms. The highest BCUT2D eigenvalue weighted by Gasteiger charge is 2.49. The highest BCUT2D eigenvalue weighted by molar-refractivity contribution is 8.00. The third-order valence-electron chi connectivity index (χ3n) is 7.32. The van der Waals surface area contributed by atoms with E-state index in [1.807, 2.05) is 50.4 Å². The zero-order chi connectivity index (χ0) is 30.2. The van der Waals surface area contributed by atoms with Crippen molar-refractivity contribution in [2.75, 3.05) is 11.5 Å². The molecule has 218 valence electrons. The number of aromatic nitrogens is 4. The second-order valence-corrected chi connectivity index (χ2v) is 12.4. The van der Waals surface area contributed by atoms with Crippen LogP contribution in [0.15, 0.2) is 76.8 Å². The summed E-state index contributed by atoms with van der Waals surface area (Å²) in [5.74, 6) is -0.692. The third kappa shape index (κ3) is 5.30. The Bertz CT molecular complexity index is 1890. The molecule has 5 aromatic rings. The summed E-state index contributed by atoms with van der Waals surface area (Å²) in [4.78, 5) is 33.4. The van der Waals surface area contributed by atoms with E-state index in [1.54, 1.807) is 24.3 Å². The van der Waals surface area contributed by atoms with Crippen molar-refractivity contribution in [2.45, 2.75) is 43.8 Å². The van der Waals surface area contributed by atoms with Gasteiger partial charge < -0.3 is 14.2 Å². The molecule has 1 atom stereocenters. The number of carbonyl (C=O) groups is 2. The topological polar surface area (TPSA) is 110 Å². The van der Waals surface area contributed by atoms with Crippen molar-refractivity contribution in [3.8, 4) is 5.75 Å². The number of imidazole rings is 1. The molecule has 9 nitrogen and oxygen atoms in total. The summed E-state index contributed by atoms with van der Waals surface area (Å²) in [5.41, 5.74) is 5.31. The number of anilines is 1. The van der Waals surface area contributed by atoms with Crippen LogP contribution in [0.5, 0.6) is 5.75 Å². The van der Waals surface area contributed by atoms with Gasteiger partial charge in [-0.05, 0) is 62.6 Å². The van der Waals surface area contributed by atoms with Crippen LogP contribution in [0.3, 0.4) is 0 Å². The van der Waals surface area contributed by atoms with Gasteiger partial charge in [0.05, 0.1) is 23.9 Å². The fourth-order valence-electron chi connectivity index (χ4n) is 5.15. The number of benzene rings is 2. The zero-order valence-electron chi connectivity index (χ0n) is 24.1. The molecule has 1 aliphatic rings. The number of nitrogens with zero attached hydrogens (tertiary/aromatic N) is 5. The van der Waals surface area contributed by atoms with Crippen LogP contribution in [0.25, 0.3) is 11.4 Å². The highest BCUT2D eigenvalue weighted by atomic mass is 32.2. The van der Waals surface area contributed by atoms with Crippen LogP contribution in [0.1, 0.15) is 46.6 Å². The van der Waals surface area contributed by atoms with Crippen molar-refractivity contribution in [3.05, 3.63) is 106 Å². The minimum absolute atomic E-state index is 0.0631. The van der Waals surface area contributed by atoms with E-state index in [9.17, 15) is 14.7 Å². The van der Waals surface area contributed by atoms with Gasteiger partial charge >= 0.3 is 5.91 Å². The van der Waals surface area contributed by atoms with Gasteiger partial charge in [0, 0.05) is 11.9 Å². The average Bonchev–Trinajstić information content (AvgIpc) is 3.68. The number of hydrogen-bond donors (Lipinski definition) is 1. The van der Waals surface area contributed by atoms with E-state index in [-0.39, 0.29) is 22.2 Å². The lowest BCUT2D eigenvalue weighted by Crippen LogP contribution is -2.29. The molecule has 0 spiro atoms. The third-order valence-corrected chi connectivity index (χ3v) is 9.45. The molecule has 0 radical (unpaired) electrons. The minimum atomic E-state index is -0.964. The van der Waals surface area contributed by atoms with Crippen molar-refractivity contribution in [1.29, 1.82) is 0 Å². The molecule has 0 bridgehead atoms. The Labute approximate surface area is 256 Å². The number of carbonyl (C=O) groups excluding carboxylic acids is 2. The summed E-state index contributed by atoms with van der Waals surface area (Å²) in [6, 6.07) is 18.3. The number of Topliss-reactive ketones (excluding diaryl/α,β-unsaturated/α-hetero) is 1. The quantitative estimate of drug-likeness (QED) is 0.0703. The van der Waals surface area contributed by atoms with Gasteiger partial charge in [-0.1, -0.05) is 71.1 Å². The number of rotatable bonds is 8. The molecule has 2 aromatic carbocycles. The number of amides is 1.